The van der Waals surface area contributed by atoms with Crippen LogP contribution in [0.5, 0.6) is 0 Å². The molecule has 0 bridgehead atoms. The second kappa shape index (κ2) is 3.96. The Balaban J connectivity index is 1.99. The predicted octanol–water partition coefficient (Wildman–Crippen LogP) is 4.47. The Morgan fingerprint density at radius 1 is 1.00 bits per heavy atom. The van der Waals surface area contributed by atoms with Crippen LogP contribution in [-0.4, -0.2) is 15.0 Å². The van der Waals surface area contributed by atoms with Gasteiger partial charge in [0.25, 0.3) is 0 Å². The van der Waals surface area contributed by atoms with Crippen molar-refractivity contribution in [3.8, 4) is 11.4 Å². The first kappa shape index (κ1) is 10.8. The van der Waals surface area contributed by atoms with Crippen molar-refractivity contribution in [1.82, 2.24) is 15.0 Å². The topological polar surface area (TPSA) is 44.5 Å². The number of hydrogen-bond acceptors (Lipinski definition) is 1. The Bertz CT molecular complexity index is 889. The molecule has 0 aliphatic rings. The molecule has 19 heavy (non-hydrogen) atoms. The van der Waals surface area contributed by atoms with Gasteiger partial charge in [0.2, 0.25) is 0 Å². The summed E-state index contributed by atoms with van der Waals surface area (Å²) in [6.45, 7) is 0. The fraction of sp³-hybridized carbons (Fsp3) is 0. The average Bonchev–Trinajstić information content (AvgIpc) is 3.00. The lowest BCUT2D eigenvalue weighted by Crippen LogP contribution is -1.77. The summed E-state index contributed by atoms with van der Waals surface area (Å²) in [6, 6.07) is 14.3. The number of imidazole rings is 1. The summed E-state index contributed by atoms with van der Waals surface area (Å²) in [5, 5.41) is 1.18. The molecular formula is C15H10BrN3. The smallest absolute Gasteiger partial charge is 0.140 e. The normalized spacial score (nSPS) is 11.4. The molecule has 0 saturated carbocycles. The minimum Gasteiger partial charge on any atom is -0.360 e. The maximum atomic E-state index is 4.65. The zero-order valence-corrected chi connectivity index (χ0v) is 11.5. The van der Waals surface area contributed by atoms with Crippen LogP contribution in [0.25, 0.3) is 33.3 Å². The molecule has 92 valence electrons. The van der Waals surface area contributed by atoms with Gasteiger partial charge in [0.15, 0.2) is 0 Å². The van der Waals surface area contributed by atoms with Gasteiger partial charge in [-0.15, -0.1) is 0 Å². The molecule has 4 aromatic rings. The number of nitrogens with one attached hydrogen (secondary N) is 2. The summed E-state index contributed by atoms with van der Waals surface area (Å²) in [5.41, 5.74) is 4.24. The van der Waals surface area contributed by atoms with E-state index in [1.54, 1.807) is 0 Å². The van der Waals surface area contributed by atoms with Crippen LogP contribution in [0.1, 0.15) is 0 Å². The monoisotopic (exact) mass is 311 g/mol. The van der Waals surface area contributed by atoms with Crippen LogP contribution in [0.15, 0.2) is 53.1 Å². The first-order valence-electron chi connectivity index (χ1n) is 6.03. The Morgan fingerprint density at radius 3 is 2.84 bits per heavy atom. The zero-order valence-electron chi connectivity index (χ0n) is 9.94. The average molecular weight is 312 g/mol. The van der Waals surface area contributed by atoms with Crippen molar-refractivity contribution in [2.24, 2.45) is 0 Å². The quantitative estimate of drug-likeness (QED) is 0.535. The molecule has 2 aromatic carbocycles. The molecule has 2 aromatic heterocycles. The van der Waals surface area contributed by atoms with Gasteiger partial charge >= 0.3 is 0 Å². The highest BCUT2D eigenvalue weighted by Crippen LogP contribution is 2.28. The van der Waals surface area contributed by atoms with Crippen LogP contribution in [0, 0.1) is 0 Å². The van der Waals surface area contributed by atoms with Crippen molar-refractivity contribution in [2.45, 2.75) is 0 Å². The summed E-state index contributed by atoms with van der Waals surface area (Å²) in [4.78, 5) is 11.3. The second-order valence-electron chi connectivity index (χ2n) is 4.49. The minimum absolute atomic E-state index is 0.894. The van der Waals surface area contributed by atoms with Gasteiger partial charge in [0.05, 0.1) is 11.0 Å². The number of nitrogens with zero attached hydrogens (tertiary/aromatic N) is 1. The number of halogens is 1. The molecule has 0 aliphatic carbocycles. The summed E-state index contributed by atoms with van der Waals surface area (Å²) in [5.74, 6) is 0.894. The molecule has 4 heteroatoms. The second-order valence-corrected chi connectivity index (χ2v) is 5.41. The number of H-pyrrole nitrogens is 2. The van der Waals surface area contributed by atoms with Crippen LogP contribution in [0.4, 0.5) is 0 Å². The number of para-hydroxylation sites is 1. The third-order valence-corrected chi connectivity index (χ3v) is 3.78. The van der Waals surface area contributed by atoms with Gasteiger partial charge in [0, 0.05) is 27.1 Å². The van der Waals surface area contributed by atoms with Crippen molar-refractivity contribution >= 4 is 37.9 Å². The SMILES string of the molecule is Brc1ccc2nc(-c3c[nH]c4ccccc34)[nH]c2c1. The van der Waals surface area contributed by atoms with Crippen LogP contribution in [0.2, 0.25) is 0 Å². The maximum absolute atomic E-state index is 4.65. The van der Waals surface area contributed by atoms with Crippen LogP contribution in [0.3, 0.4) is 0 Å². The number of rotatable bonds is 1. The van der Waals surface area contributed by atoms with Crippen molar-refractivity contribution in [3.05, 3.63) is 53.1 Å². The van der Waals surface area contributed by atoms with E-state index in [1.807, 2.05) is 36.5 Å². The lowest BCUT2D eigenvalue weighted by molar-refractivity contribution is 1.34. The fourth-order valence-electron chi connectivity index (χ4n) is 2.38. The maximum Gasteiger partial charge on any atom is 0.140 e. The molecule has 2 heterocycles. The molecule has 2 N–H and O–H groups in total. The van der Waals surface area contributed by atoms with E-state index in [1.165, 1.54) is 5.39 Å². The lowest BCUT2D eigenvalue weighted by atomic mass is 10.2. The van der Waals surface area contributed by atoms with Crippen LogP contribution in [-0.2, 0) is 0 Å². The van der Waals surface area contributed by atoms with Gasteiger partial charge < -0.3 is 9.97 Å². The molecule has 0 spiro atoms. The van der Waals surface area contributed by atoms with Crippen molar-refractivity contribution in [3.63, 3.8) is 0 Å². The van der Waals surface area contributed by atoms with E-state index in [2.05, 4.69) is 43.0 Å². The first-order valence-corrected chi connectivity index (χ1v) is 6.82. The van der Waals surface area contributed by atoms with Crippen LogP contribution >= 0.6 is 15.9 Å². The van der Waals surface area contributed by atoms with Crippen molar-refractivity contribution < 1.29 is 0 Å². The van der Waals surface area contributed by atoms with E-state index < -0.39 is 0 Å². The fourth-order valence-corrected chi connectivity index (χ4v) is 2.74. The predicted molar refractivity (Wildman–Crippen MR) is 81.1 cm³/mol. The zero-order chi connectivity index (χ0) is 12.8. The van der Waals surface area contributed by atoms with Crippen molar-refractivity contribution in [1.29, 1.82) is 0 Å². The molecular weight excluding hydrogens is 302 g/mol. The standard InChI is InChI=1S/C15H10BrN3/c16-9-5-6-13-14(7-9)19-15(18-13)11-8-17-12-4-2-1-3-10(11)12/h1-8,17H,(H,18,19). The minimum atomic E-state index is 0.894. The van der Waals surface area contributed by atoms with Gasteiger partial charge in [0.1, 0.15) is 5.82 Å². The highest BCUT2D eigenvalue weighted by atomic mass is 79.9. The van der Waals surface area contributed by atoms with E-state index in [0.29, 0.717) is 0 Å². The largest absolute Gasteiger partial charge is 0.360 e. The van der Waals surface area contributed by atoms with E-state index in [4.69, 9.17) is 0 Å². The molecule has 0 fully saturated rings. The van der Waals surface area contributed by atoms with Gasteiger partial charge in [-0.05, 0) is 24.3 Å². The highest BCUT2D eigenvalue weighted by molar-refractivity contribution is 9.10. The molecule has 0 aliphatic heterocycles. The number of benzene rings is 2. The number of fused-ring (bicyclic) bond motifs is 2. The van der Waals surface area contributed by atoms with E-state index in [-0.39, 0.29) is 0 Å². The molecule has 0 atom stereocenters. The number of aromatic amines is 2. The Kier molecular flexibility index (Phi) is 2.26. The van der Waals surface area contributed by atoms with E-state index >= 15 is 0 Å². The molecule has 0 saturated heterocycles. The van der Waals surface area contributed by atoms with Crippen molar-refractivity contribution in [2.75, 3.05) is 0 Å². The Labute approximate surface area is 117 Å². The summed E-state index contributed by atoms with van der Waals surface area (Å²) in [6.07, 6.45) is 2.00. The van der Waals surface area contributed by atoms with Gasteiger partial charge in [-0.2, -0.15) is 0 Å². The van der Waals surface area contributed by atoms with E-state index in [9.17, 15) is 0 Å². The highest BCUT2D eigenvalue weighted by Gasteiger charge is 2.10. The number of hydrogen-bond donors (Lipinski definition) is 2. The number of aromatic nitrogens is 3. The summed E-state index contributed by atoms with van der Waals surface area (Å²) in [7, 11) is 0. The molecule has 0 radical (unpaired) electrons. The molecule has 0 amide bonds. The van der Waals surface area contributed by atoms with Crippen LogP contribution < -0.4 is 0 Å². The summed E-state index contributed by atoms with van der Waals surface area (Å²) >= 11 is 3.48. The molecule has 3 nitrogen and oxygen atoms in total. The van der Waals surface area contributed by atoms with Gasteiger partial charge in [-0.1, -0.05) is 34.1 Å². The first-order chi connectivity index (χ1) is 9.31. The third kappa shape index (κ3) is 1.68. The summed E-state index contributed by atoms with van der Waals surface area (Å²) < 4.78 is 1.05. The molecule has 4 rings (SSSR count). The lowest BCUT2D eigenvalue weighted by Gasteiger charge is -1.93. The third-order valence-electron chi connectivity index (χ3n) is 3.29. The Hall–Kier alpha value is -2.07. The van der Waals surface area contributed by atoms with Gasteiger partial charge in [-0.3, -0.25) is 0 Å². The Morgan fingerprint density at radius 2 is 1.89 bits per heavy atom. The van der Waals surface area contributed by atoms with Gasteiger partial charge in [-0.25, -0.2) is 4.98 Å². The molecule has 0 unspecified atom stereocenters. The van der Waals surface area contributed by atoms with E-state index in [0.717, 1.165) is 32.4 Å².